The Morgan fingerprint density at radius 2 is 1.87 bits per heavy atom. The lowest BCUT2D eigenvalue weighted by Gasteiger charge is -2.42. The molecule has 0 amide bonds. The normalized spacial score (nSPS) is 17.8. The van der Waals surface area contributed by atoms with Gasteiger partial charge in [-0.25, -0.2) is 13.6 Å². The van der Waals surface area contributed by atoms with Crippen LogP contribution in [0.2, 0.25) is 5.02 Å². The van der Waals surface area contributed by atoms with Gasteiger partial charge in [0.1, 0.15) is 11.3 Å². The van der Waals surface area contributed by atoms with E-state index in [9.17, 15) is 9.32 Å². The van der Waals surface area contributed by atoms with Crippen molar-refractivity contribution in [1.82, 2.24) is 20.2 Å². The molecule has 3 heterocycles. The van der Waals surface area contributed by atoms with E-state index in [0.29, 0.717) is 60.6 Å². The summed E-state index contributed by atoms with van der Waals surface area (Å²) in [6.07, 6.45) is 0. The first-order valence-corrected chi connectivity index (χ1v) is 14.7. The van der Waals surface area contributed by atoms with Gasteiger partial charge in [0.15, 0.2) is 11.6 Å². The number of nitrogens with zero attached hydrogens (tertiary/aromatic N) is 5. The van der Waals surface area contributed by atoms with Crippen molar-refractivity contribution in [2.75, 3.05) is 56.7 Å². The molecule has 3 aromatic carbocycles. The average Bonchev–Trinajstić information content (AvgIpc) is 2.84. The van der Waals surface area contributed by atoms with Crippen LogP contribution in [0.1, 0.15) is 0 Å². The topological polar surface area (TPSA) is 94.0 Å². The number of halogens is 2. The van der Waals surface area contributed by atoms with E-state index in [0.717, 1.165) is 10.8 Å². The standard InChI is InChI=1S/C27H28ClFN6O2S/c1-34(2)17-14-35(15-17)27-31-25-21(26(32-27)33-38(37)9-7-30-8-10-38)13-22(28)23(24(25)29)20-12-18(36)11-16-5-3-4-6-19(16)20/h3-6,11-13,17,30,36H,7-10,14-15H2,1-2H3. The molecule has 8 nitrogen and oxygen atoms in total. The number of rotatable bonds is 4. The highest BCUT2D eigenvalue weighted by molar-refractivity contribution is 7.93. The predicted molar refractivity (Wildman–Crippen MR) is 152 cm³/mol. The maximum absolute atomic E-state index is 16.5. The molecule has 0 bridgehead atoms. The van der Waals surface area contributed by atoms with Crippen LogP contribution in [0.3, 0.4) is 0 Å². The molecule has 38 heavy (non-hydrogen) atoms. The lowest BCUT2D eigenvalue weighted by atomic mass is 9.96. The Morgan fingerprint density at radius 3 is 2.61 bits per heavy atom. The third kappa shape index (κ3) is 4.45. The van der Waals surface area contributed by atoms with Gasteiger partial charge in [-0.3, -0.25) is 0 Å². The van der Waals surface area contributed by atoms with Gasteiger partial charge in [0.2, 0.25) is 5.95 Å². The Labute approximate surface area is 225 Å². The number of hydrogen-bond acceptors (Lipinski definition) is 8. The zero-order valence-corrected chi connectivity index (χ0v) is 22.7. The smallest absolute Gasteiger partial charge is 0.228 e. The van der Waals surface area contributed by atoms with E-state index in [1.165, 1.54) is 6.07 Å². The first-order chi connectivity index (χ1) is 18.2. The van der Waals surface area contributed by atoms with Gasteiger partial charge in [-0.1, -0.05) is 35.9 Å². The number of anilines is 1. The Morgan fingerprint density at radius 1 is 1.13 bits per heavy atom. The number of fused-ring (bicyclic) bond motifs is 2. The molecule has 4 aromatic rings. The molecule has 0 spiro atoms. The molecule has 2 saturated heterocycles. The lowest BCUT2D eigenvalue weighted by molar-refractivity contribution is 0.245. The maximum Gasteiger partial charge on any atom is 0.228 e. The van der Waals surface area contributed by atoms with Crippen molar-refractivity contribution in [2.24, 2.45) is 4.36 Å². The minimum Gasteiger partial charge on any atom is -0.508 e. The summed E-state index contributed by atoms with van der Waals surface area (Å²) in [6, 6.07) is 12.5. The first-order valence-electron chi connectivity index (χ1n) is 12.5. The molecule has 0 unspecified atom stereocenters. The van der Waals surface area contributed by atoms with Gasteiger partial charge in [-0.15, -0.1) is 0 Å². The van der Waals surface area contributed by atoms with Crippen molar-refractivity contribution in [3.05, 3.63) is 53.3 Å². The molecule has 2 aliphatic heterocycles. The van der Waals surface area contributed by atoms with Crippen LogP contribution in [-0.4, -0.2) is 82.0 Å². The fourth-order valence-corrected chi connectivity index (χ4v) is 7.07. The van der Waals surface area contributed by atoms with Crippen molar-refractivity contribution in [1.29, 1.82) is 0 Å². The summed E-state index contributed by atoms with van der Waals surface area (Å²) < 4.78 is 34.6. The fourth-order valence-electron chi connectivity index (χ4n) is 5.01. The zero-order chi connectivity index (χ0) is 26.6. The molecule has 2 fully saturated rings. The molecule has 0 saturated carbocycles. The molecular formula is C27H28ClFN6O2S. The van der Waals surface area contributed by atoms with E-state index in [1.807, 2.05) is 43.3 Å². The number of aromatic nitrogens is 2. The SMILES string of the molecule is CN(C)C1CN(c2nc(N=S3(=O)CCNCC3)c3cc(Cl)c(-c4cc(O)cc5ccccc45)c(F)c3n2)C1. The van der Waals surface area contributed by atoms with Crippen molar-refractivity contribution >= 4 is 54.8 Å². The quantitative estimate of drug-likeness (QED) is 0.386. The maximum atomic E-state index is 16.5. The highest BCUT2D eigenvalue weighted by atomic mass is 35.5. The molecule has 6 rings (SSSR count). The molecule has 1 aromatic heterocycles. The number of phenolic OH excluding ortho intramolecular Hbond substituents is 1. The number of benzene rings is 3. The molecule has 0 atom stereocenters. The third-order valence-electron chi connectivity index (χ3n) is 7.29. The summed E-state index contributed by atoms with van der Waals surface area (Å²) >= 11 is 6.72. The third-order valence-corrected chi connectivity index (χ3v) is 9.78. The van der Waals surface area contributed by atoms with E-state index >= 15 is 4.39 Å². The van der Waals surface area contributed by atoms with Crippen molar-refractivity contribution in [3.63, 3.8) is 0 Å². The molecule has 0 aliphatic carbocycles. The summed E-state index contributed by atoms with van der Waals surface area (Å²) in [7, 11) is 1.46. The highest BCUT2D eigenvalue weighted by Gasteiger charge is 2.32. The summed E-state index contributed by atoms with van der Waals surface area (Å²) in [5.41, 5.74) is 0.665. The first kappa shape index (κ1) is 25.2. The van der Waals surface area contributed by atoms with E-state index in [4.69, 9.17) is 11.6 Å². The largest absolute Gasteiger partial charge is 0.508 e. The minimum atomic E-state index is -2.57. The molecule has 11 heteroatoms. The summed E-state index contributed by atoms with van der Waals surface area (Å²) in [4.78, 5) is 13.4. The van der Waals surface area contributed by atoms with Crippen LogP contribution < -0.4 is 10.2 Å². The van der Waals surface area contributed by atoms with Gasteiger partial charge in [-0.05, 0) is 48.6 Å². The summed E-state index contributed by atoms with van der Waals surface area (Å²) in [5, 5.41) is 15.6. The fraction of sp³-hybridized carbons (Fsp3) is 0.333. The van der Waals surface area contributed by atoms with E-state index in [1.54, 1.807) is 12.1 Å². The molecule has 2 N–H and O–H groups in total. The molecule has 2 aliphatic rings. The number of phenols is 1. The van der Waals surface area contributed by atoms with Gasteiger partial charge in [0.05, 0.1) is 20.1 Å². The zero-order valence-electron chi connectivity index (χ0n) is 21.1. The Balaban J connectivity index is 1.59. The van der Waals surface area contributed by atoms with Gasteiger partial charge in [0, 0.05) is 49.3 Å². The number of nitrogens with one attached hydrogen (secondary N) is 1. The summed E-state index contributed by atoms with van der Waals surface area (Å²) in [6.45, 7) is 2.57. The average molecular weight is 555 g/mol. The van der Waals surface area contributed by atoms with E-state index < -0.39 is 15.5 Å². The summed E-state index contributed by atoms with van der Waals surface area (Å²) in [5.74, 6) is 0.700. The van der Waals surface area contributed by atoms with Crippen molar-refractivity contribution in [2.45, 2.75) is 6.04 Å². The molecular weight excluding hydrogens is 527 g/mol. The number of likely N-dealkylation sites (N-methyl/N-ethyl adjacent to an activating group) is 1. The number of hydrogen-bond donors (Lipinski definition) is 2. The lowest BCUT2D eigenvalue weighted by Crippen LogP contribution is -2.58. The van der Waals surface area contributed by atoms with Crippen molar-refractivity contribution < 1.29 is 13.7 Å². The second kappa shape index (κ2) is 9.60. The van der Waals surface area contributed by atoms with E-state index in [2.05, 4.69) is 24.5 Å². The van der Waals surface area contributed by atoms with Gasteiger partial charge >= 0.3 is 0 Å². The van der Waals surface area contributed by atoms with Gasteiger partial charge < -0.3 is 20.2 Å². The molecule has 198 valence electrons. The second-order valence-corrected chi connectivity index (χ2v) is 13.0. The van der Waals surface area contributed by atoms with Crippen LogP contribution >= 0.6 is 11.6 Å². The van der Waals surface area contributed by atoms with Crippen LogP contribution in [0, 0.1) is 5.82 Å². The Kier molecular flexibility index (Phi) is 6.38. The predicted octanol–water partition coefficient (Wildman–Crippen LogP) is 4.40. The van der Waals surface area contributed by atoms with Crippen LogP contribution in [0.25, 0.3) is 32.8 Å². The number of aromatic hydroxyl groups is 1. The van der Waals surface area contributed by atoms with Gasteiger partial charge in [-0.2, -0.15) is 9.35 Å². The second-order valence-electron chi connectivity index (χ2n) is 10.0. The van der Waals surface area contributed by atoms with Crippen molar-refractivity contribution in [3.8, 4) is 16.9 Å². The van der Waals surface area contributed by atoms with Gasteiger partial charge in [0.25, 0.3) is 0 Å². The monoisotopic (exact) mass is 554 g/mol. The Hall–Kier alpha value is -3.05. The van der Waals surface area contributed by atoms with E-state index in [-0.39, 0.29) is 27.7 Å². The Bertz CT molecular complexity index is 1690. The highest BCUT2D eigenvalue weighted by Crippen LogP contribution is 2.42. The van der Waals surface area contributed by atoms with Crippen LogP contribution in [-0.2, 0) is 9.73 Å². The van der Waals surface area contributed by atoms with Crippen LogP contribution in [0.15, 0.2) is 46.8 Å². The minimum absolute atomic E-state index is 0.00596. The molecule has 0 radical (unpaired) electrons. The van der Waals surface area contributed by atoms with Crippen LogP contribution in [0.4, 0.5) is 16.2 Å². The van der Waals surface area contributed by atoms with Crippen LogP contribution in [0.5, 0.6) is 5.75 Å².